The molecule has 0 aliphatic carbocycles. The Balaban J connectivity index is 2.34. The Bertz CT molecular complexity index is 163. The number of hydrogen-bond donors (Lipinski definition) is 0. The van der Waals surface area contributed by atoms with Gasteiger partial charge in [0.15, 0.2) is 0 Å². The van der Waals surface area contributed by atoms with Crippen LogP contribution in [0, 0.1) is 5.92 Å². The molecule has 1 heteroatoms. The first kappa shape index (κ1) is 12.0. The molecule has 0 N–H and O–H groups in total. The van der Waals surface area contributed by atoms with Crippen LogP contribution in [0.25, 0.3) is 0 Å². The molecular weight excluding hydrogens is 170 g/mol. The Morgan fingerprint density at radius 3 is 2.57 bits per heavy atom. The molecule has 0 spiro atoms. The fourth-order valence-corrected chi connectivity index (χ4v) is 2.32. The number of rotatable bonds is 4. The van der Waals surface area contributed by atoms with E-state index in [-0.39, 0.29) is 0 Å². The summed E-state index contributed by atoms with van der Waals surface area (Å²) in [6.45, 7) is 12.1. The zero-order valence-electron chi connectivity index (χ0n) is 10.5. The normalized spacial score (nSPS) is 24.9. The van der Waals surface area contributed by atoms with Gasteiger partial charge in [-0.2, -0.15) is 0 Å². The van der Waals surface area contributed by atoms with Crippen molar-refractivity contribution in [1.82, 2.24) is 4.90 Å². The fraction of sp³-hybridized carbons (Fsp3) is 1.00. The Labute approximate surface area is 89.9 Å². The molecule has 1 rings (SSSR count). The lowest BCUT2D eigenvalue weighted by Crippen LogP contribution is -2.47. The molecule has 1 unspecified atom stereocenters. The maximum absolute atomic E-state index is 2.70. The van der Waals surface area contributed by atoms with Crippen LogP contribution in [0.2, 0.25) is 0 Å². The van der Waals surface area contributed by atoms with Crippen molar-refractivity contribution in [3.63, 3.8) is 0 Å². The predicted octanol–water partition coefficient (Wildman–Crippen LogP) is 3.69. The molecule has 1 heterocycles. The van der Waals surface area contributed by atoms with Crippen molar-refractivity contribution in [2.24, 2.45) is 5.92 Å². The highest BCUT2D eigenvalue weighted by molar-refractivity contribution is 4.85. The summed E-state index contributed by atoms with van der Waals surface area (Å²) in [5, 5.41) is 0. The van der Waals surface area contributed by atoms with Crippen molar-refractivity contribution in [3.8, 4) is 0 Å². The van der Waals surface area contributed by atoms with Crippen molar-refractivity contribution in [3.05, 3.63) is 0 Å². The minimum atomic E-state index is 0.464. The average Bonchev–Trinajstić information content (AvgIpc) is 2.15. The van der Waals surface area contributed by atoms with E-state index in [1.165, 1.54) is 45.2 Å². The third-order valence-corrected chi connectivity index (χ3v) is 3.91. The van der Waals surface area contributed by atoms with Crippen LogP contribution in [0.5, 0.6) is 0 Å². The van der Waals surface area contributed by atoms with Crippen molar-refractivity contribution >= 4 is 0 Å². The van der Waals surface area contributed by atoms with Crippen molar-refractivity contribution < 1.29 is 0 Å². The molecule has 1 fully saturated rings. The fourth-order valence-electron chi connectivity index (χ4n) is 2.32. The molecule has 1 aliphatic rings. The van der Waals surface area contributed by atoms with Gasteiger partial charge in [-0.3, -0.25) is 4.90 Å². The van der Waals surface area contributed by atoms with E-state index in [1.807, 2.05) is 0 Å². The minimum absolute atomic E-state index is 0.464. The molecule has 0 radical (unpaired) electrons. The number of nitrogens with zero attached hydrogens (tertiary/aromatic N) is 1. The summed E-state index contributed by atoms with van der Waals surface area (Å²) in [5.74, 6) is 0.896. The quantitative estimate of drug-likeness (QED) is 0.664. The van der Waals surface area contributed by atoms with Crippen LogP contribution in [0.1, 0.15) is 59.8 Å². The lowest BCUT2D eigenvalue weighted by atomic mass is 9.89. The maximum Gasteiger partial charge on any atom is 0.0153 e. The molecule has 14 heavy (non-hydrogen) atoms. The standard InChI is InChI=1S/C13H27N/c1-5-12(2)8-11-14-10-7-6-9-13(14,3)4/h12H,5-11H2,1-4H3. The molecule has 1 nitrogen and oxygen atoms in total. The van der Waals surface area contributed by atoms with Gasteiger partial charge in [-0.15, -0.1) is 0 Å². The van der Waals surface area contributed by atoms with Gasteiger partial charge in [0.1, 0.15) is 0 Å². The van der Waals surface area contributed by atoms with Crippen LogP contribution in [-0.4, -0.2) is 23.5 Å². The van der Waals surface area contributed by atoms with E-state index in [2.05, 4.69) is 32.6 Å². The van der Waals surface area contributed by atoms with E-state index in [0.717, 1.165) is 5.92 Å². The molecular formula is C13H27N. The van der Waals surface area contributed by atoms with Crippen molar-refractivity contribution in [2.75, 3.05) is 13.1 Å². The summed E-state index contributed by atoms with van der Waals surface area (Å²) in [4.78, 5) is 2.70. The van der Waals surface area contributed by atoms with Gasteiger partial charge >= 0.3 is 0 Å². The highest BCUT2D eigenvalue weighted by Crippen LogP contribution is 2.27. The van der Waals surface area contributed by atoms with Gasteiger partial charge in [0.2, 0.25) is 0 Å². The lowest BCUT2D eigenvalue weighted by molar-refractivity contribution is 0.0713. The van der Waals surface area contributed by atoms with Crippen LogP contribution in [-0.2, 0) is 0 Å². The zero-order valence-corrected chi connectivity index (χ0v) is 10.5. The molecule has 0 saturated carbocycles. The highest BCUT2D eigenvalue weighted by atomic mass is 15.2. The predicted molar refractivity (Wildman–Crippen MR) is 63.6 cm³/mol. The van der Waals surface area contributed by atoms with Gasteiger partial charge < -0.3 is 0 Å². The second kappa shape index (κ2) is 5.16. The SMILES string of the molecule is CCC(C)CCN1CCCCC1(C)C. The van der Waals surface area contributed by atoms with Crippen LogP contribution in [0.15, 0.2) is 0 Å². The summed E-state index contributed by atoms with van der Waals surface area (Å²) in [6, 6.07) is 0. The highest BCUT2D eigenvalue weighted by Gasteiger charge is 2.28. The summed E-state index contributed by atoms with van der Waals surface area (Å²) in [7, 11) is 0. The summed E-state index contributed by atoms with van der Waals surface area (Å²) < 4.78 is 0. The van der Waals surface area contributed by atoms with Gasteiger partial charge in [0.05, 0.1) is 0 Å². The molecule has 0 aromatic heterocycles. The van der Waals surface area contributed by atoms with E-state index in [0.29, 0.717) is 5.54 Å². The van der Waals surface area contributed by atoms with E-state index in [4.69, 9.17) is 0 Å². The molecule has 0 bridgehead atoms. The molecule has 0 aromatic rings. The number of hydrogen-bond acceptors (Lipinski definition) is 1. The number of piperidine rings is 1. The average molecular weight is 197 g/mol. The first-order valence-electron chi connectivity index (χ1n) is 6.31. The Kier molecular flexibility index (Phi) is 4.43. The Morgan fingerprint density at radius 1 is 1.29 bits per heavy atom. The van der Waals surface area contributed by atoms with E-state index >= 15 is 0 Å². The van der Waals surface area contributed by atoms with Gasteiger partial charge in [-0.1, -0.05) is 26.7 Å². The maximum atomic E-state index is 2.70. The second-order valence-corrected chi connectivity index (χ2v) is 5.56. The lowest BCUT2D eigenvalue weighted by Gasteiger charge is -2.43. The van der Waals surface area contributed by atoms with E-state index in [9.17, 15) is 0 Å². The van der Waals surface area contributed by atoms with E-state index < -0.39 is 0 Å². The van der Waals surface area contributed by atoms with Gasteiger partial charge in [-0.25, -0.2) is 0 Å². The monoisotopic (exact) mass is 197 g/mol. The van der Waals surface area contributed by atoms with Crippen LogP contribution in [0.3, 0.4) is 0 Å². The number of likely N-dealkylation sites (tertiary alicyclic amines) is 1. The van der Waals surface area contributed by atoms with Gasteiger partial charge in [0.25, 0.3) is 0 Å². The van der Waals surface area contributed by atoms with Crippen molar-refractivity contribution in [1.29, 1.82) is 0 Å². The molecule has 1 aliphatic heterocycles. The summed E-state index contributed by atoms with van der Waals surface area (Å²) >= 11 is 0. The van der Waals surface area contributed by atoms with Crippen molar-refractivity contribution in [2.45, 2.75) is 65.3 Å². The van der Waals surface area contributed by atoms with E-state index in [1.54, 1.807) is 0 Å². The first-order chi connectivity index (χ1) is 6.56. The summed E-state index contributed by atoms with van der Waals surface area (Å²) in [5.41, 5.74) is 0.464. The molecule has 84 valence electrons. The van der Waals surface area contributed by atoms with Crippen LogP contribution in [0.4, 0.5) is 0 Å². The minimum Gasteiger partial charge on any atom is -0.298 e. The van der Waals surface area contributed by atoms with Gasteiger partial charge in [-0.05, 0) is 52.1 Å². The smallest absolute Gasteiger partial charge is 0.0153 e. The Hall–Kier alpha value is -0.0400. The van der Waals surface area contributed by atoms with Crippen LogP contribution < -0.4 is 0 Å². The zero-order chi connectivity index (χ0) is 10.6. The third kappa shape index (κ3) is 3.27. The van der Waals surface area contributed by atoms with Gasteiger partial charge in [0, 0.05) is 5.54 Å². The van der Waals surface area contributed by atoms with Crippen LogP contribution >= 0.6 is 0 Å². The molecule has 0 aromatic carbocycles. The third-order valence-electron chi connectivity index (χ3n) is 3.91. The molecule has 1 saturated heterocycles. The summed E-state index contributed by atoms with van der Waals surface area (Å²) in [6.07, 6.45) is 6.92. The second-order valence-electron chi connectivity index (χ2n) is 5.56. The molecule has 1 atom stereocenters. The Morgan fingerprint density at radius 2 is 2.00 bits per heavy atom. The molecule has 0 amide bonds. The largest absolute Gasteiger partial charge is 0.298 e. The first-order valence-corrected chi connectivity index (χ1v) is 6.31. The topological polar surface area (TPSA) is 3.24 Å².